The molecule has 0 unspecified atom stereocenters. The van der Waals surface area contributed by atoms with E-state index in [4.69, 9.17) is 15.1 Å². The zero-order valence-electron chi connectivity index (χ0n) is 7.87. The van der Waals surface area contributed by atoms with Crippen molar-refractivity contribution in [1.29, 1.82) is 0 Å². The number of hydrogen-bond acceptors (Lipinski definition) is 3. The van der Waals surface area contributed by atoms with Crippen LogP contribution >= 0.6 is 0 Å². The second kappa shape index (κ2) is 6.46. The SMILES string of the molecule is CCCCCCCC[B-](O)(O)O. The van der Waals surface area contributed by atoms with Gasteiger partial charge in [-0.25, -0.2) is 0 Å². The molecule has 0 atom stereocenters. The zero-order chi connectivity index (χ0) is 9.45. The quantitative estimate of drug-likeness (QED) is 0.403. The smallest absolute Gasteiger partial charge is 0.371 e. The number of rotatable bonds is 7. The molecule has 0 aliphatic heterocycles. The number of hydrogen-bond donors (Lipinski definition) is 3. The molecule has 0 spiro atoms. The molecule has 0 aromatic heterocycles. The highest BCUT2D eigenvalue weighted by atomic mass is 16.5. The molecule has 4 heteroatoms. The Kier molecular flexibility index (Phi) is 6.43. The molecule has 0 saturated heterocycles. The van der Waals surface area contributed by atoms with Crippen LogP contribution in [0.15, 0.2) is 0 Å². The van der Waals surface area contributed by atoms with Crippen LogP contribution in [0.2, 0.25) is 6.32 Å². The summed E-state index contributed by atoms with van der Waals surface area (Å²) in [6.07, 6.45) is 6.59. The van der Waals surface area contributed by atoms with E-state index in [1.165, 1.54) is 19.3 Å². The van der Waals surface area contributed by atoms with Gasteiger partial charge in [0.2, 0.25) is 0 Å². The lowest BCUT2D eigenvalue weighted by Gasteiger charge is -2.19. The average Bonchev–Trinajstić information content (AvgIpc) is 1.94. The molecule has 0 aliphatic rings. The summed E-state index contributed by atoms with van der Waals surface area (Å²) in [5, 5.41) is 25.8. The van der Waals surface area contributed by atoms with Gasteiger partial charge in [0.15, 0.2) is 0 Å². The van der Waals surface area contributed by atoms with Gasteiger partial charge in [-0.05, 0) is 0 Å². The van der Waals surface area contributed by atoms with Crippen molar-refractivity contribution in [2.45, 2.75) is 51.8 Å². The van der Waals surface area contributed by atoms with Crippen molar-refractivity contribution in [2.75, 3.05) is 0 Å². The highest BCUT2D eigenvalue weighted by Gasteiger charge is 2.13. The van der Waals surface area contributed by atoms with Gasteiger partial charge in [0.1, 0.15) is 0 Å². The summed E-state index contributed by atoms with van der Waals surface area (Å²) in [6, 6.07) is 0. The molecule has 12 heavy (non-hydrogen) atoms. The molecule has 3 nitrogen and oxygen atoms in total. The maximum Gasteiger partial charge on any atom is 0.371 e. The van der Waals surface area contributed by atoms with E-state index in [9.17, 15) is 0 Å². The van der Waals surface area contributed by atoms with Crippen molar-refractivity contribution < 1.29 is 15.1 Å². The Morgan fingerprint density at radius 1 is 0.833 bits per heavy atom. The average molecular weight is 175 g/mol. The molecule has 0 amide bonds. The summed E-state index contributed by atoms with van der Waals surface area (Å²) in [4.78, 5) is 0. The van der Waals surface area contributed by atoms with Crippen LogP contribution in [0.3, 0.4) is 0 Å². The topological polar surface area (TPSA) is 60.7 Å². The van der Waals surface area contributed by atoms with Gasteiger partial charge in [-0.1, -0.05) is 51.8 Å². The highest BCUT2D eigenvalue weighted by Crippen LogP contribution is 2.10. The molecule has 0 saturated carbocycles. The predicted octanol–water partition coefficient (Wildman–Crippen LogP) is 1.26. The first-order valence-corrected chi connectivity index (χ1v) is 4.89. The summed E-state index contributed by atoms with van der Waals surface area (Å²) in [5.41, 5.74) is 0. The predicted molar refractivity (Wildman–Crippen MR) is 50.6 cm³/mol. The summed E-state index contributed by atoms with van der Waals surface area (Å²) in [7, 11) is 0. The van der Waals surface area contributed by atoms with Crippen LogP contribution in [0.5, 0.6) is 0 Å². The Morgan fingerprint density at radius 2 is 1.33 bits per heavy atom. The van der Waals surface area contributed by atoms with E-state index in [1.807, 2.05) is 0 Å². The van der Waals surface area contributed by atoms with Gasteiger partial charge in [-0.2, -0.15) is 0 Å². The normalized spacial score (nSPS) is 12.0. The van der Waals surface area contributed by atoms with Crippen LogP contribution < -0.4 is 0 Å². The molecular weight excluding hydrogens is 155 g/mol. The molecule has 74 valence electrons. The van der Waals surface area contributed by atoms with E-state index >= 15 is 0 Å². The zero-order valence-corrected chi connectivity index (χ0v) is 7.87. The first kappa shape index (κ1) is 11.9. The lowest BCUT2D eigenvalue weighted by Crippen LogP contribution is -2.33. The minimum absolute atomic E-state index is 0.117. The Morgan fingerprint density at radius 3 is 1.83 bits per heavy atom. The molecule has 3 N–H and O–H groups in total. The Bertz CT molecular complexity index is 101. The number of unbranched alkanes of at least 4 members (excludes halogenated alkanes) is 5. The van der Waals surface area contributed by atoms with E-state index in [2.05, 4.69) is 6.92 Å². The molecule has 0 rings (SSSR count). The fourth-order valence-electron chi connectivity index (χ4n) is 1.20. The van der Waals surface area contributed by atoms with Crippen molar-refractivity contribution in [2.24, 2.45) is 0 Å². The van der Waals surface area contributed by atoms with Crippen LogP contribution in [0.4, 0.5) is 0 Å². The molecule has 0 aliphatic carbocycles. The molecule has 0 bridgehead atoms. The summed E-state index contributed by atoms with van der Waals surface area (Å²) < 4.78 is 0. The van der Waals surface area contributed by atoms with Crippen LogP contribution in [0, 0.1) is 0 Å². The van der Waals surface area contributed by atoms with E-state index in [1.54, 1.807) is 0 Å². The first-order valence-electron chi connectivity index (χ1n) is 4.89. The van der Waals surface area contributed by atoms with Crippen LogP contribution in [-0.4, -0.2) is 21.8 Å². The van der Waals surface area contributed by atoms with E-state index < -0.39 is 6.75 Å². The van der Waals surface area contributed by atoms with Crippen LogP contribution in [0.1, 0.15) is 45.4 Å². The van der Waals surface area contributed by atoms with Gasteiger partial charge >= 0.3 is 6.75 Å². The van der Waals surface area contributed by atoms with Crippen molar-refractivity contribution in [3.05, 3.63) is 0 Å². The molecular formula is C8H20BO3-. The summed E-state index contributed by atoms with van der Waals surface area (Å²) in [6.45, 7) is -0.870. The summed E-state index contributed by atoms with van der Waals surface area (Å²) >= 11 is 0. The third-order valence-electron chi connectivity index (χ3n) is 1.94. The third kappa shape index (κ3) is 9.94. The van der Waals surface area contributed by atoms with Gasteiger partial charge in [0.25, 0.3) is 0 Å². The Hall–Kier alpha value is -0.0551. The van der Waals surface area contributed by atoms with Crippen LogP contribution in [-0.2, 0) is 0 Å². The lowest BCUT2D eigenvalue weighted by molar-refractivity contribution is 0.226. The van der Waals surface area contributed by atoms with Crippen LogP contribution in [0.25, 0.3) is 0 Å². The van der Waals surface area contributed by atoms with E-state index in [-0.39, 0.29) is 6.32 Å². The van der Waals surface area contributed by atoms with E-state index in [0.29, 0.717) is 6.42 Å². The lowest BCUT2D eigenvalue weighted by atomic mass is 9.74. The van der Waals surface area contributed by atoms with Crippen molar-refractivity contribution in [1.82, 2.24) is 0 Å². The Labute approximate surface area is 74.4 Å². The maximum absolute atomic E-state index is 8.59. The second-order valence-corrected chi connectivity index (χ2v) is 3.45. The standard InChI is InChI=1S/C8H20BO3/c1-2-3-4-5-6-7-8-9(10,11)12/h10-12H,2-8H2,1H3/q-1. The minimum Gasteiger partial charge on any atom is -0.560 e. The Balaban J connectivity index is 3.01. The summed E-state index contributed by atoms with van der Waals surface area (Å²) in [5.74, 6) is 0. The molecule has 0 aromatic carbocycles. The molecule has 0 heterocycles. The van der Waals surface area contributed by atoms with Gasteiger partial charge in [0.05, 0.1) is 0 Å². The fraction of sp³-hybridized carbons (Fsp3) is 1.00. The molecule has 0 aromatic rings. The molecule has 0 radical (unpaired) electrons. The van der Waals surface area contributed by atoms with Crippen molar-refractivity contribution in [3.8, 4) is 0 Å². The fourth-order valence-corrected chi connectivity index (χ4v) is 1.20. The van der Waals surface area contributed by atoms with E-state index in [0.717, 1.165) is 12.8 Å². The van der Waals surface area contributed by atoms with Crippen molar-refractivity contribution in [3.63, 3.8) is 0 Å². The van der Waals surface area contributed by atoms with Gasteiger partial charge in [-0.15, -0.1) is 0 Å². The van der Waals surface area contributed by atoms with Gasteiger partial charge < -0.3 is 15.1 Å². The highest BCUT2D eigenvalue weighted by molar-refractivity contribution is 6.56. The minimum atomic E-state index is -3.03. The second-order valence-electron chi connectivity index (χ2n) is 3.45. The molecule has 0 fully saturated rings. The van der Waals surface area contributed by atoms with Gasteiger partial charge in [-0.3, -0.25) is 0 Å². The van der Waals surface area contributed by atoms with Gasteiger partial charge in [0, 0.05) is 0 Å². The first-order chi connectivity index (χ1) is 5.56. The third-order valence-corrected chi connectivity index (χ3v) is 1.94. The maximum atomic E-state index is 8.59. The monoisotopic (exact) mass is 175 g/mol. The largest absolute Gasteiger partial charge is 0.560 e. The van der Waals surface area contributed by atoms with Crippen molar-refractivity contribution >= 4 is 6.75 Å².